The lowest BCUT2D eigenvalue weighted by molar-refractivity contribution is -0.140. The average Bonchev–Trinajstić information content (AvgIpc) is 2.42. The summed E-state index contributed by atoms with van der Waals surface area (Å²) in [6.07, 6.45) is 4.47. The first-order valence-electron chi connectivity index (χ1n) is 5.85. The summed E-state index contributed by atoms with van der Waals surface area (Å²) in [5.41, 5.74) is 0.937. The van der Waals surface area contributed by atoms with Crippen molar-refractivity contribution in [1.29, 1.82) is 0 Å². The molecule has 0 saturated heterocycles. The number of carbonyl (C=O) groups is 1. The van der Waals surface area contributed by atoms with Crippen LogP contribution in [0, 0.1) is 0 Å². The lowest BCUT2D eigenvalue weighted by Crippen LogP contribution is -2.02. The van der Waals surface area contributed by atoms with Gasteiger partial charge in [-0.1, -0.05) is 0 Å². The van der Waals surface area contributed by atoms with Crippen LogP contribution in [0.3, 0.4) is 0 Å². The summed E-state index contributed by atoms with van der Waals surface area (Å²) in [7, 11) is 4.60. The second-order valence-corrected chi connectivity index (χ2v) is 3.78. The van der Waals surface area contributed by atoms with Crippen molar-refractivity contribution >= 4 is 5.97 Å². The van der Waals surface area contributed by atoms with Crippen molar-refractivity contribution in [2.24, 2.45) is 0 Å². The second-order valence-electron chi connectivity index (χ2n) is 3.78. The summed E-state index contributed by atoms with van der Waals surface area (Å²) in [5, 5.41) is 0. The summed E-state index contributed by atoms with van der Waals surface area (Å²) in [5.74, 6) is 1.16. The van der Waals surface area contributed by atoms with E-state index in [-0.39, 0.29) is 5.97 Å². The highest BCUT2D eigenvalue weighted by Gasteiger charge is 2.11. The molecule has 0 bridgehead atoms. The van der Waals surface area contributed by atoms with Crippen molar-refractivity contribution < 1.29 is 19.0 Å². The predicted molar refractivity (Wildman–Crippen MR) is 66.9 cm³/mol. The Kier molecular flexibility index (Phi) is 5.97. The number of hydrogen-bond donors (Lipinski definition) is 0. The van der Waals surface area contributed by atoms with E-state index in [1.807, 2.05) is 0 Å². The maximum atomic E-state index is 11.0. The van der Waals surface area contributed by atoms with Gasteiger partial charge in [0.15, 0.2) is 0 Å². The average molecular weight is 253 g/mol. The topological polar surface area (TPSA) is 57.7 Å². The smallest absolute Gasteiger partial charge is 0.305 e. The lowest BCUT2D eigenvalue weighted by Gasteiger charge is -2.11. The van der Waals surface area contributed by atoms with E-state index in [0.717, 1.165) is 30.6 Å². The highest BCUT2D eigenvalue weighted by molar-refractivity contribution is 5.68. The molecule has 0 N–H and O–H groups in total. The zero-order valence-corrected chi connectivity index (χ0v) is 11.1. The highest BCUT2D eigenvalue weighted by atomic mass is 16.5. The molecule has 0 fully saturated rings. The molecule has 0 aliphatic rings. The number of methoxy groups -OCH3 is 3. The van der Waals surface area contributed by atoms with Crippen LogP contribution in [0.25, 0.3) is 0 Å². The van der Waals surface area contributed by atoms with Gasteiger partial charge in [-0.3, -0.25) is 4.79 Å². The predicted octanol–water partition coefficient (Wildman–Crippen LogP) is 1.98. The van der Waals surface area contributed by atoms with Crippen molar-refractivity contribution in [3.8, 4) is 11.6 Å². The van der Waals surface area contributed by atoms with Crippen molar-refractivity contribution in [2.45, 2.75) is 25.7 Å². The van der Waals surface area contributed by atoms with Crippen molar-refractivity contribution in [3.05, 3.63) is 17.8 Å². The number of carbonyl (C=O) groups excluding carboxylic acids is 1. The molecule has 1 aromatic heterocycles. The van der Waals surface area contributed by atoms with Crippen LogP contribution >= 0.6 is 0 Å². The molecule has 0 amide bonds. The Bertz CT molecular complexity index is 370. The maximum absolute atomic E-state index is 11.0. The third kappa shape index (κ3) is 3.91. The highest BCUT2D eigenvalue weighted by Crippen LogP contribution is 2.27. The fourth-order valence-corrected chi connectivity index (χ4v) is 1.73. The van der Waals surface area contributed by atoms with Crippen LogP contribution in [0.5, 0.6) is 11.6 Å². The van der Waals surface area contributed by atoms with Crippen molar-refractivity contribution in [3.63, 3.8) is 0 Å². The Morgan fingerprint density at radius 3 is 2.61 bits per heavy atom. The molecule has 18 heavy (non-hydrogen) atoms. The van der Waals surface area contributed by atoms with E-state index in [1.165, 1.54) is 7.11 Å². The van der Waals surface area contributed by atoms with E-state index in [2.05, 4.69) is 9.72 Å². The first-order chi connectivity index (χ1) is 8.72. The normalized spacial score (nSPS) is 9.94. The van der Waals surface area contributed by atoms with Gasteiger partial charge in [0, 0.05) is 12.6 Å². The summed E-state index contributed by atoms with van der Waals surface area (Å²) < 4.78 is 15.1. The van der Waals surface area contributed by atoms with E-state index in [4.69, 9.17) is 9.47 Å². The Morgan fingerprint density at radius 2 is 2.00 bits per heavy atom. The standard InChI is InChI=1S/C13H19NO4/c1-16-11-8-9-14-13(18-3)10(11)6-4-5-7-12(15)17-2/h8-9H,4-7H2,1-3H3. The molecule has 5 nitrogen and oxygen atoms in total. The SMILES string of the molecule is COC(=O)CCCCc1c(OC)ccnc1OC. The van der Waals surface area contributed by atoms with E-state index in [9.17, 15) is 4.79 Å². The van der Waals surface area contributed by atoms with Gasteiger partial charge in [0.2, 0.25) is 5.88 Å². The number of hydrogen-bond acceptors (Lipinski definition) is 5. The quantitative estimate of drug-likeness (QED) is 0.549. The number of rotatable bonds is 7. The van der Waals surface area contributed by atoms with Crippen molar-refractivity contribution in [1.82, 2.24) is 4.98 Å². The third-order valence-electron chi connectivity index (χ3n) is 2.67. The van der Waals surface area contributed by atoms with Crippen LogP contribution < -0.4 is 9.47 Å². The molecule has 0 saturated carbocycles. The minimum absolute atomic E-state index is 0.180. The molecule has 0 radical (unpaired) electrons. The second kappa shape index (κ2) is 7.53. The molecule has 1 heterocycles. The number of aromatic nitrogens is 1. The molecule has 100 valence electrons. The van der Waals surface area contributed by atoms with E-state index in [1.54, 1.807) is 26.5 Å². The summed E-state index contributed by atoms with van der Waals surface area (Å²) in [4.78, 5) is 15.1. The van der Waals surface area contributed by atoms with Crippen LogP contribution in [0.15, 0.2) is 12.3 Å². The molecule has 0 unspecified atom stereocenters. The minimum Gasteiger partial charge on any atom is -0.496 e. The van der Waals surface area contributed by atoms with Crippen LogP contribution in [-0.4, -0.2) is 32.3 Å². The lowest BCUT2D eigenvalue weighted by atomic mass is 10.1. The molecule has 5 heteroatoms. The van der Waals surface area contributed by atoms with Gasteiger partial charge in [-0.05, 0) is 25.3 Å². The Hall–Kier alpha value is -1.78. The molecule has 0 aromatic carbocycles. The Balaban J connectivity index is 2.57. The van der Waals surface area contributed by atoms with Crippen molar-refractivity contribution in [2.75, 3.05) is 21.3 Å². The Morgan fingerprint density at radius 1 is 1.22 bits per heavy atom. The summed E-state index contributed by atoms with van der Waals surface area (Å²) in [6, 6.07) is 1.80. The third-order valence-corrected chi connectivity index (χ3v) is 2.67. The molecule has 0 aliphatic heterocycles. The summed E-state index contributed by atoms with van der Waals surface area (Å²) >= 11 is 0. The van der Waals surface area contributed by atoms with Gasteiger partial charge in [0.05, 0.1) is 26.9 Å². The van der Waals surface area contributed by atoms with E-state index < -0.39 is 0 Å². The molecular weight excluding hydrogens is 234 g/mol. The largest absolute Gasteiger partial charge is 0.496 e. The van der Waals surface area contributed by atoms with Gasteiger partial charge in [-0.15, -0.1) is 0 Å². The van der Waals surface area contributed by atoms with Crippen LogP contribution in [0.2, 0.25) is 0 Å². The van der Waals surface area contributed by atoms with Gasteiger partial charge < -0.3 is 14.2 Å². The number of ether oxygens (including phenoxy) is 3. The summed E-state index contributed by atoms with van der Waals surface area (Å²) in [6.45, 7) is 0. The first-order valence-corrected chi connectivity index (χ1v) is 5.85. The number of nitrogens with zero attached hydrogens (tertiary/aromatic N) is 1. The van der Waals surface area contributed by atoms with Gasteiger partial charge in [0.25, 0.3) is 0 Å². The maximum Gasteiger partial charge on any atom is 0.305 e. The molecule has 1 aromatic rings. The zero-order chi connectivity index (χ0) is 13.4. The Labute approximate surface area is 107 Å². The fourth-order valence-electron chi connectivity index (χ4n) is 1.73. The van der Waals surface area contributed by atoms with Gasteiger partial charge in [0.1, 0.15) is 5.75 Å². The van der Waals surface area contributed by atoms with E-state index >= 15 is 0 Å². The van der Waals surface area contributed by atoms with Crippen LogP contribution in [-0.2, 0) is 16.0 Å². The number of esters is 1. The fraction of sp³-hybridized carbons (Fsp3) is 0.538. The van der Waals surface area contributed by atoms with Gasteiger partial charge >= 0.3 is 5.97 Å². The van der Waals surface area contributed by atoms with Crippen LogP contribution in [0.1, 0.15) is 24.8 Å². The number of unbranched alkanes of at least 4 members (excludes halogenated alkanes) is 1. The van der Waals surface area contributed by atoms with E-state index in [0.29, 0.717) is 12.3 Å². The van der Waals surface area contributed by atoms with Crippen LogP contribution in [0.4, 0.5) is 0 Å². The zero-order valence-electron chi connectivity index (χ0n) is 11.1. The van der Waals surface area contributed by atoms with Gasteiger partial charge in [-0.2, -0.15) is 0 Å². The monoisotopic (exact) mass is 253 g/mol. The molecule has 1 rings (SSSR count). The molecule has 0 spiro atoms. The molecule has 0 atom stereocenters. The number of pyridine rings is 1. The molecule has 0 aliphatic carbocycles. The minimum atomic E-state index is -0.180. The van der Waals surface area contributed by atoms with Gasteiger partial charge in [-0.25, -0.2) is 4.98 Å². The first kappa shape index (κ1) is 14.3. The molecular formula is C13H19NO4.